The maximum Gasteiger partial charge on any atom is 0.319 e. The van der Waals surface area contributed by atoms with Gasteiger partial charge in [-0.1, -0.05) is 37.3 Å². The molecule has 6 heteroatoms. The highest BCUT2D eigenvalue weighted by Gasteiger charge is 2.30. The standard InChI is InChI=1S/C20H30N2O4/c1-5-18(17-9-7-6-8-10-17)21(14-20(24)25-4)13-19(23)22-11-15(2)26-16(3)12-22/h6-10,15-16,18H,5,11-14H2,1-4H3/t15-,16-,18+/m0/s1. The molecule has 1 amide bonds. The van der Waals surface area contributed by atoms with Gasteiger partial charge in [-0.2, -0.15) is 0 Å². The summed E-state index contributed by atoms with van der Waals surface area (Å²) in [5.41, 5.74) is 1.09. The Kier molecular flexibility index (Phi) is 7.60. The van der Waals surface area contributed by atoms with Gasteiger partial charge in [-0.05, 0) is 25.8 Å². The molecule has 0 saturated carbocycles. The third kappa shape index (κ3) is 5.54. The Bertz CT molecular complexity index is 583. The molecule has 6 nitrogen and oxygen atoms in total. The maximum atomic E-state index is 12.9. The second-order valence-electron chi connectivity index (χ2n) is 6.87. The summed E-state index contributed by atoms with van der Waals surface area (Å²) in [5, 5.41) is 0. The first kappa shape index (κ1) is 20.4. The summed E-state index contributed by atoms with van der Waals surface area (Å²) in [6.45, 7) is 7.44. The molecule has 2 rings (SSSR count). The van der Waals surface area contributed by atoms with E-state index in [1.807, 2.05) is 54.0 Å². The van der Waals surface area contributed by atoms with E-state index in [1.165, 1.54) is 7.11 Å². The number of nitrogens with zero attached hydrogens (tertiary/aromatic N) is 2. The molecule has 1 aliphatic rings. The second-order valence-corrected chi connectivity index (χ2v) is 6.87. The van der Waals surface area contributed by atoms with Gasteiger partial charge in [-0.3, -0.25) is 14.5 Å². The van der Waals surface area contributed by atoms with E-state index in [1.54, 1.807) is 0 Å². The van der Waals surface area contributed by atoms with Gasteiger partial charge in [0.25, 0.3) is 0 Å². The number of carbonyl (C=O) groups is 2. The van der Waals surface area contributed by atoms with Crippen LogP contribution in [0.15, 0.2) is 30.3 Å². The maximum absolute atomic E-state index is 12.9. The highest BCUT2D eigenvalue weighted by atomic mass is 16.5. The van der Waals surface area contributed by atoms with Gasteiger partial charge in [0.05, 0.1) is 32.4 Å². The number of rotatable bonds is 7. The molecule has 0 spiro atoms. The Balaban J connectivity index is 2.15. The van der Waals surface area contributed by atoms with Crippen molar-refractivity contribution in [2.75, 3.05) is 33.3 Å². The number of hydrogen-bond acceptors (Lipinski definition) is 5. The average Bonchev–Trinajstić information content (AvgIpc) is 2.62. The van der Waals surface area contributed by atoms with Crippen LogP contribution in [0.3, 0.4) is 0 Å². The number of esters is 1. The monoisotopic (exact) mass is 362 g/mol. The summed E-state index contributed by atoms with van der Waals surface area (Å²) in [7, 11) is 1.37. The largest absolute Gasteiger partial charge is 0.468 e. The Morgan fingerprint density at radius 3 is 2.35 bits per heavy atom. The van der Waals surface area contributed by atoms with Crippen LogP contribution < -0.4 is 0 Å². The lowest BCUT2D eigenvalue weighted by Crippen LogP contribution is -2.51. The molecule has 3 atom stereocenters. The molecule has 1 heterocycles. The van der Waals surface area contributed by atoms with Crippen LogP contribution in [0.4, 0.5) is 0 Å². The highest BCUT2D eigenvalue weighted by Crippen LogP contribution is 2.24. The molecule has 144 valence electrons. The minimum absolute atomic E-state index is 0.0184. The summed E-state index contributed by atoms with van der Waals surface area (Å²) in [6.07, 6.45) is 0.838. The van der Waals surface area contributed by atoms with E-state index >= 15 is 0 Å². The van der Waals surface area contributed by atoms with Crippen LogP contribution >= 0.6 is 0 Å². The molecular weight excluding hydrogens is 332 g/mol. The first-order valence-corrected chi connectivity index (χ1v) is 9.23. The zero-order chi connectivity index (χ0) is 19.1. The van der Waals surface area contributed by atoms with Crippen molar-refractivity contribution in [3.63, 3.8) is 0 Å². The molecule has 1 fully saturated rings. The van der Waals surface area contributed by atoms with Gasteiger partial charge >= 0.3 is 5.97 Å². The fraction of sp³-hybridized carbons (Fsp3) is 0.600. The lowest BCUT2D eigenvalue weighted by Gasteiger charge is -2.37. The first-order valence-electron chi connectivity index (χ1n) is 9.23. The van der Waals surface area contributed by atoms with Crippen molar-refractivity contribution in [3.05, 3.63) is 35.9 Å². The minimum Gasteiger partial charge on any atom is -0.468 e. The average molecular weight is 362 g/mol. The van der Waals surface area contributed by atoms with E-state index in [0.29, 0.717) is 13.1 Å². The van der Waals surface area contributed by atoms with Crippen LogP contribution in [0, 0.1) is 0 Å². The van der Waals surface area contributed by atoms with Gasteiger partial charge in [-0.25, -0.2) is 0 Å². The topological polar surface area (TPSA) is 59.1 Å². The van der Waals surface area contributed by atoms with Crippen molar-refractivity contribution in [1.29, 1.82) is 0 Å². The van der Waals surface area contributed by atoms with E-state index in [-0.39, 0.29) is 43.2 Å². The van der Waals surface area contributed by atoms with Crippen molar-refractivity contribution in [1.82, 2.24) is 9.80 Å². The number of hydrogen-bond donors (Lipinski definition) is 0. The molecule has 0 aliphatic carbocycles. The van der Waals surface area contributed by atoms with Crippen molar-refractivity contribution < 1.29 is 19.1 Å². The van der Waals surface area contributed by atoms with Crippen LogP contribution in [0.5, 0.6) is 0 Å². The smallest absolute Gasteiger partial charge is 0.319 e. The van der Waals surface area contributed by atoms with Crippen molar-refractivity contribution in [2.45, 2.75) is 45.4 Å². The number of carbonyl (C=O) groups excluding carboxylic acids is 2. The Morgan fingerprint density at radius 1 is 1.19 bits per heavy atom. The van der Waals surface area contributed by atoms with Gasteiger partial charge in [0.2, 0.25) is 5.91 Å². The summed E-state index contributed by atoms with van der Waals surface area (Å²) in [6, 6.07) is 9.95. The summed E-state index contributed by atoms with van der Waals surface area (Å²) >= 11 is 0. The number of morpholine rings is 1. The Labute approximate surface area is 156 Å². The molecule has 26 heavy (non-hydrogen) atoms. The lowest BCUT2D eigenvalue weighted by molar-refractivity contribution is -0.148. The molecule has 0 radical (unpaired) electrons. The molecule has 0 aromatic heterocycles. The molecule has 0 unspecified atom stereocenters. The van der Waals surface area contributed by atoms with Gasteiger partial charge < -0.3 is 14.4 Å². The minimum atomic E-state index is -0.337. The van der Waals surface area contributed by atoms with E-state index in [4.69, 9.17) is 9.47 Å². The predicted octanol–water partition coefficient (Wildman–Crippen LogP) is 2.25. The lowest BCUT2D eigenvalue weighted by atomic mass is 10.0. The summed E-state index contributed by atoms with van der Waals surface area (Å²) in [4.78, 5) is 28.6. The molecular formula is C20H30N2O4. The summed E-state index contributed by atoms with van der Waals surface area (Å²) in [5.74, 6) is -0.318. The number of ether oxygens (including phenoxy) is 2. The fourth-order valence-electron chi connectivity index (χ4n) is 3.54. The second kappa shape index (κ2) is 9.69. The van der Waals surface area contributed by atoms with Crippen LogP contribution in [0.2, 0.25) is 0 Å². The number of methoxy groups -OCH3 is 1. The zero-order valence-corrected chi connectivity index (χ0v) is 16.2. The fourth-order valence-corrected chi connectivity index (χ4v) is 3.54. The molecule has 1 saturated heterocycles. The van der Waals surface area contributed by atoms with Crippen LogP contribution in [-0.4, -0.2) is 67.2 Å². The van der Waals surface area contributed by atoms with Crippen LogP contribution in [0.1, 0.15) is 38.8 Å². The highest BCUT2D eigenvalue weighted by molar-refractivity contribution is 5.79. The molecule has 1 aromatic carbocycles. The Morgan fingerprint density at radius 2 is 1.81 bits per heavy atom. The van der Waals surface area contributed by atoms with E-state index in [9.17, 15) is 9.59 Å². The zero-order valence-electron chi connectivity index (χ0n) is 16.2. The van der Waals surface area contributed by atoms with Crippen molar-refractivity contribution in [2.24, 2.45) is 0 Å². The normalized spacial score (nSPS) is 21.5. The van der Waals surface area contributed by atoms with E-state index in [2.05, 4.69) is 6.92 Å². The van der Waals surface area contributed by atoms with Gasteiger partial charge in [-0.15, -0.1) is 0 Å². The number of benzene rings is 1. The third-order valence-corrected chi connectivity index (χ3v) is 4.68. The van der Waals surface area contributed by atoms with E-state index in [0.717, 1.165) is 12.0 Å². The van der Waals surface area contributed by atoms with Gasteiger partial charge in [0.15, 0.2) is 0 Å². The third-order valence-electron chi connectivity index (χ3n) is 4.68. The summed E-state index contributed by atoms with van der Waals surface area (Å²) < 4.78 is 10.6. The SMILES string of the molecule is CC[C@H](c1ccccc1)N(CC(=O)OC)CC(=O)N1C[C@H](C)O[C@@H](C)C1. The Hall–Kier alpha value is -1.92. The van der Waals surface area contributed by atoms with Crippen LogP contribution in [0.25, 0.3) is 0 Å². The quantitative estimate of drug-likeness (QED) is 0.696. The van der Waals surface area contributed by atoms with Crippen molar-refractivity contribution in [3.8, 4) is 0 Å². The predicted molar refractivity (Wildman–Crippen MR) is 99.7 cm³/mol. The van der Waals surface area contributed by atoms with Crippen LogP contribution in [-0.2, 0) is 19.1 Å². The molecule has 0 N–H and O–H groups in total. The molecule has 1 aromatic rings. The van der Waals surface area contributed by atoms with Crippen molar-refractivity contribution >= 4 is 11.9 Å². The number of amides is 1. The van der Waals surface area contributed by atoms with Gasteiger partial charge in [0, 0.05) is 19.1 Å². The van der Waals surface area contributed by atoms with E-state index < -0.39 is 0 Å². The molecule has 0 bridgehead atoms. The van der Waals surface area contributed by atoms with Gasteiger partial charge in [0.1, 0.15) is 0 Å². The first-order chi connectivity index (χ1) is 12.4. The molecule has 1 aliphatic heterocycles.